The van der Waals surface area contributed by atoms with Gasteiger partial charge in [-0.25, -0.2) is 0 Å². The lowest BCUT2D eigenvalue weighted by molar-refractivity contribution is -0.385. The van der Waals surface area contributed by atoms with Crippen LogP contribution in [0.15, 0.2) is 47.5 Å². The number of hydrogen-bond donors (Lipinski definition) is 1. The van der Waals surface area contributed by atoms with Crippen LogP contribution >= 0.6 is 0 Å². The topological polar surface area (TPSA) is 75.7 Å². The fraction of sp³-hybridized carbons (Fsp3) is 0.133. The van der Waals surface area contributed by atoms with Crippen LogP contribution in [0.5, 0.6) is 5.75 Å². The molecule has 2 rings (SSSR count). The van der Waals surface area contributed by atoms with Crippen LogP contribution in [0.3, 0.4) is 0 Å². The highest BCUT2D eigenvalue weighted by atomic mass is 16.6. The molecule has 1 N–H and O–H groups in total. The number of nitro benzene ring substituents is 1. The largest absolute Gasteiger partial charge is 0.502 e. The zero-order chi connectivity index (χ0) is 14.5. The molecule has 0 saturated heterocycles. The second-order valence-corrected chi connectivity index (χ2v) is 4.25. The van der Waals surface area contributed by atoms with Gasteiger partial charge < -0.3 is 5.11 Å². The summed E-state index contributed by atoms with van der Waals surface area (Å²) >= 11 is 0. The minimum Gasteiger partial charge on any atom is -0.502 e. The standard InChI is InChI=1S/C15H14N2O3/c1-2-12-5-3-4-6-13(12)16-10-11-7-8-15(18)14(9-11)17(19)20/h3-10,18H,2H2,1H3. The van der Waals surface area contributed by atoms with E-state index >= 15 is 0 Å². The molecule has 0 radical (unpaired) electrons. The minimum absolute atomic E-state index is 0.322. The van der Waals surface area contributed by atoms with Crippen LogP contribution in [0.2, 0.25) is 0 Å². The van der Waals surface area contributed by atoms with E-state index in [1.54, 1.807) is 12.3 Å². The van der Waals surface area contributed by atoms with Gasteiger partial charge in [-0.3, -0.25) is 15.1 Å². The molecule has 0 aliphatic rings. The molecule has 20 heavy (non-hydrogen) atoms. The van der Waals surface area contributed by atoms with E-state index in [9.17, 15) is 15.2 Å². The van der Waals surface area contributed by atoms with Gasteiger partial charge in [0.05, 0.1) is 10.6 Å². The number of aryl methyl sites for hydroxylation is 1. The van der Waals surface area contributed by atoms with Crippen LogP contribution in [-0.2, 0) is 6.42 Å². The summed E-state index contributed by atoms with van der Waals surface area (Å²) in [5.41, 5.74) is 2.20. The molecule has 102 valence electrons. The molecular weight excluding hydrogens is 256 g/mol. The number of nitrogens with zero attached hydrogens (tertiary/aromatic N) is 2. The Morgan fingerprint density at radius 2 is 2.05 bits per heavy atom. The Balaban J connectivity index is 2.32. The Bertz CT molecular complexity index is 666. The van der Waals surface area contributed by atoms with Crippen molar-refractivity contribution in [3.63, 3.8) is 0 Å². The van der Waals surface area contributed by atoms with Gasteiger partial charge in [-0.15, -0.1) is 0 Å². The maximum absolute atomic E-state index is 10.7. The van der Waals surface area contributed by atoms with Crippen molar-refractivity contribution in [2.45, 2.75) is 13.3 Å². The summed E-state index contributed by atoms with van der Waals surface area (Å²) < 4.78 is 0. The van der Waals surface area contributed by atoms with Crippen molar-refractivity contribution < 1.29 is 10.0 Å². The lowest BCUT2D eigenvalue weighted by Crippen LogP contribution is -1.91. The van der Waals surface area contributed by atoms with Crippen LogP contribution in [0, 0.1) is 10.1 Å². The Morgan fingerprint density at radius 1 is 1.30 bits per heavy atom. The van der Waals surface area contributed by atoms with Gasteiger partial charge in [0, 0.05) is 12.3 Å². The summed E-state index contributed by atoms with van der Waals surface area (Å²) in [6, 6.07) is 11.9. The SMILES string of the molecule is CCc1ccccc1N=Cc1ccc(O)c([N+](=O)[O-])c1. The van der Waals surface area contributed by atoms with E-state index in [4.69, 9.17) is 0 Å². The second-order valence-electron chi connectivity index (χ2n) is 4.25. The number of hydrogen-bond acceptors (Lipinski definition) is 4. The first kappa shape index (κ1) is 13.7. The summed E-state index contributed by atoms with van der Waals surface area (Å²) in [4.78, 5) is 14.5. The molecule has 0 fully saturated rings. The highest BCUT2D eigenvalue weighted by Gasteiger charge is 2.12. The molecule has 0 aromatic heterocycles. The highest BCUT2D eigenvalue weighted by molar-refractivity contribution is 5.83. The molecule has 0 spiro atoms. The molecule has 0 atom stereocenters. The lowest BCUT2D eigenvalue weighted by Gasteiger charge is -2.01. The Morgan fingerprint density at radius 3 is 2.75 bits per heavy atom. The molecule has 2 aromatic carbocycles. The predicted octanol–water partition coefficient (Wildman–Crippen LogP) is 3.61. The van der Waals surface area contributed by atoms with Crippen LogP contribution in [0.25, 0.3) is 0 Å². The van der Waals surface area contributed by atoms with E-state index in [1.807, 2.05) is 31.2 Å². The van der Waals surface area contributed by atoms with Crippen molar-refractivity contribution in [1.82, 2.24) is 0 Å². The highest BCUT2D eigenvalue weighted by Crippen LogP contribution is 2.26. The number of benzene rings is 2. The molecule has 0 aliphatic heterocycles. The number of aliphatic imine (C=N–C) groups is 1. The molecule has 0 saturated carbocycles. The number of rotatable bonds is 4. The minimum atomic E-state index is -0.618. The third kappa shape index (κ3) is 3.00. The van der Waals surface area contributed by atoms with E-state index in [-0.39, 0.29) is 11.4 Å². The summed E-state index contributed by atoms with van der Waals surface area (Å²) in [5, 5.41) is 20.1. The molecule has 5 heteroatoms. The Labute approximate surface area is 116 Å². The summed E-state index contributed by atoms with van der Waals surface area (Å²) in [7, 11) is 0. The van der Waals surface area contributed by atoms with Crippen molar-refractivity contribution in [1.29, 1.82) is 0 Å². The van der Waals surface area contributed by atoms with E-state index in [0.717, 1.165) is 17.7 Å². The quantitative estimate of drug-likeness (QED) is 0.523. The Kier molecular flexibility index (Phi) is 4.10. The lowest BCUT2D eigenvalue weighted by atomic mass is 10.1. The first-order valence-corrected chi connectivity index (χ1v) is 6.21. The number of aromatic hydroxyl groups is 1. The average Bonchev–Trinajstić information content (AvgIpc) is 2.46. The van der Waals surface area contributed by atoms with E-state index in [2.05, 4.69) is 4.99 Å². The Hall–Kier alpha value is -2.69. The molecule has 2 aromatic rings. The smallest absolute Gasteiger partial charge is 0.311 e. The van der Waals surface area contributed by atoms with Gasteiger partial charge in [0.2, 0.25) is 0 Å². The molecule has 0 aliphatic carbocycles. The fourth-order valence-electron chi connectivity index (χ4n) is 1.85. The normalized spacial score (nSPS) is 10.8. The molecule has 0 bridgehead atoms. The van der Waals surface area contributed by atoms with Crippen LogP contribution in [0.4, 0.5) is 11.4 Å². The van der Waals surface area contributed by atoms with Gasteiger partial charge in [-0.05, 0) is 35.7 Å². The van der Waals surface area contributed by atoms with Crippen molar-refractivity contribution in [2.24, 2.45) is 4.99 Å². The molecule has 0 unspecified atom stereocenters. The number of nitro groups is 1. The fourth-order valence-corrected chi connectivity index (χ4v) is 1.85. The van der Waals surface area contributed by atoms with Gasteiger partial charge in [-0.1, -0.05) is 25.1 Å². The third-order valence-corrected chi connectivity index (χ3v) is 2.92. The monoisotopic (exact) mass is 270 g/mol. The number of para-hydroxylation sites is 1. The first-order chi connectivity index (χ1) is 9.61. The van der Waals surface area contributed by atoms with Crippen molar-refractivity contribution in [3.8, 4) is 5.75 Å². The summed E-state index contributed by atoms with van der Waals surface area (Å²) in [6.45, 7) is 2.04. The number of phenols is 1. The van der Waals surface area contributed by atoms with Gasteiger partial charge in [0.1, 0.15) is 0 Å². The maximum Gasteiger partial charge on any atom is 0.311 e. The van der Waals surface area contributed by atoms with E-state index in [0.29, 0.717) is 5.56 Å². The maximum atomic E-state index is 10.7. The molecule has 0 amide bonds. The summed E-state index contributed by atoms with van der Waals surface area (Å²) in [6.07, 6.45) is 2.42. The van der Waals surface area contributed by atoms with E-state index in [1.165, 1.54) is 12.1 Å². The zero-order valence-corrected chi connectivity index (χ0v) is 11.0. The predicted molar refractivity (Wildman–Crippen MR) is 77.8 cm³/mol. The van der Waals surface area contributed by atoms with E-state index < -0.39 is 4.92 Å². The van der Waals surface area contributed by atoms with Crippen LogP contribution in [-0.4, -0.2) is 16.2 Å². The van der Waals surface area contributed by atoms with Gasteiger partial charge >= 0.3 is 5.69 Å². The molecule has 0 heterocycles. The average molecular weight is 270 g/mol. The molecule has 5 nitrogen and oxygen atoms in total. The van der Waals surface area contributed by atoms with Crippen LogP contribution in [0.1, 0.15) is 18.1 Å². The first-order valence-electron chi connectivity index (χ1n) is 6.21. The third-order valence-electron chi connectivity index (χ3n) is 2.92. The van der Waals surface area contributed by atoms with Crippen LogP contribution < -0.4 is 0 Å². The van der Waals surface area contributed by atoms with Crippen molar-refractivity contribution in [2.75, 3.05) is 0 Å². The van der Waals surface area contributed by atoms with Gasteiger partial charge in [0.25, 0.3) is 0 Å². The summed E-state index contributed by atoms with van der Waals surface area (Å²) in [5.74, 6) is -0.346. The second kappa shape index (κ2) is 5.97. The number of phenolic OH excluding ortho intramolecular Hbond substituents is 1. The van der Waals surface area contributed by atoms with Gasteiger partial charge in [-0.2, -0.15) is 0 Å². The zero-order valence-electron chi connectivity index (χ0n) is 11.0. The van der Waals surface area contributed by atoms with Crippen molar-refractivity contribution >= 4 is 17.6 Å². The molecular formula is C15H14N2O3. The van der Waals surface area contributed by atoms with Crippen molar-refractivity contribution in [3.05, 3.63) is 63.7 Å². The van der Waals surface area contributed by atoms with Gasteiger partial charge in [0.15, 0.2) is 5.75 Å².